The molecule has 0 spiro atoms. The van der Waals surface area contributed by atoms with Crippen molar-refractivity contribution in [2.75, 3.05) is 19.4 Å². The SMILES string of the molecule is Cc1ccc(NC(=O)C(=S)N[C@H]2CC[C@H](C(=O)N(C)C)C[C@H]2NC(=O)OC(C)(C)C)nc1. The standard InChI is InChI=1S/C22H33N5O4S/c1-13-7-10-17(23-12-13)26-18(28)19(32)24-15-9-8-14(20(29)27(5)6)11-16(15)25-21(30)31-22(2,3)4/h7,10,12,14-16H,8-9,11H2,1-6H3,(H,24,32)(H,25,30)(H,23,26,28)/t14-,15-,16+/m0/s1. The average Bonchev–Trinajstić information content (AvgIpc) is 2.68. The molecule has 0 saturated heterocycles. The van der Waals surface area contributed by atoms with Crippen LogP contribution in [0.2, 0.25) is 0 Å². The third-order valence-electron chi connectivity index (χ3n) is 5.02. The molecule has 0 aliphatic heterocycles. The van der Waals surface area contributed by atoms with Gasteiger partial charge >= 0.3 is 6.09 Å². The Kier molecular flexibility index (Phi) is 8.54. The van der Waals surface area contributed by atoms with E-state index in [2.05, 4.69) is 20.9 Å². The van der Waals surface area contributed by atoms with E-state index in [0.29, 0.717) is 25.1 Å². The number of hydrogen-bond donors (Lipinski definition) is 3. The highest BCUT2D eigenvalue weighted by Crippen LogP contribution is 2.27. The third-order valence-corrected chi connectivity index (χ3v) is 5.32. The number of anilines is 1. The van der Waals surface area contributed by atoms with Crippen LogP contribution in [-0.4, -0.2) is 64.6 Å². The summed E-state index contributed by atoms with van der Waals surface area (Å²) in [5, 5.41) is 8.57. The maximum atomic E-state index is 12.5. The third kappa shape index (κ3) is 7.74. The minimum Gasteiger partial charge on any atom is -0.444 e. The highest BCUT2D eigenvalue weighted by atomic mass is 32.1. The van der Waals surface area contributed by atoms with Crippen LogP contribution in [0.25, 0.3) is 0 Å². The first-order valence-corrected chi connectivity index (χ1v) is 11.0. The van der Waals surface area contributed by atoms with Gasteiger partial charge in [0.15, 0.2) is 4.99 Å². The molecule has 10 heteroatoms. The van der Waals surface area contributed by atoms with Crippen molar-refractivity contribution in [1.29, 1.82) is 0 Å². The minimum atomic E-state index is -0.656. The second kappa shape index (κ2) is 10.7. The van der Waals surface area contributed by atoms with Gasteiger partial charge in [-0.05, 0) is 58.6 Å². The van der Waals surface area contributed by atoms with Gasteiger partial charge in [0.05, 0.1) is 6.04 Å². The topological polar surface area (TPSA) is 113 Å². The quantitative estimate of drug-likeness (QED) is 0.588. The van der Waals surface area contributed by atoms with Crippen molar-refractivity contribution in [2.45, 2.75) is 64.6 Å². The molecule has 0 radical (unpaired) electrons. The number of aromatic nitrogens is 1. The number of aryl methyl sites for hydroxylation is 1. The van der Waals surface area contributed by atoms with Crippen molar-refractivity contribution in [3.63, 3.8) is 0 Å². The van der Waals surface area contributed by atoms with E-state index in [1.807, 2.05) is 13.0 Å². The molecular formula is C22H33N5O4S. The molecule has 1 aromatic rings. The molecule has 3 atom stereocenters. The number of ether oxygens (including phenoxy) is 1. The Morgan fingerprint density at radius 3 is 2.38 bits per heavy atom. The van der Waals surface area contributed by atoms with Crippen LogP contribution < -0.4 is 16.0 Å². The predicted octanol–water partition coefficient (Wildman–Crippen LogP) is 2.40. The molecule has 3 amide bonds. The minimum absolute atomic E-state index is 0.00482. The van der Waals surface area contributed by atoms with Crippen LogP contribution in [0.5, 0.6) is 0 Å². The highest BCUT2D eigenvalue weighted by molar-refractivity contribution is 7.82. The highest BCUT2D eigenvalue weighted by Gasteiger charge is 2.37. The zero-order valence-corrected chi connectivity index (χ0v) is 20.3. The molecule has 1 aliphatic carbocycles. The summed E-state index contributed by atoms with van der Waals surface area (Å²) >= 11 is 5.29. The smallest absolute Gasteiger partial charge is 0.407 e. The summed E-state index contributed by atoms with van der Waals surface area (Å²) in [7, 11) is 3.42. The Balaban J connectivity index is 2.07. The first-order chi connectivity index (χ1) is 14.9. The Labute approximate surface area is 194 Å². The van der Waals surface area contributed by atoms with Crippen molar-refractivity contribution < 1.29 is 19.1 Å². The van der Waals surface area contributed by atoms with Gasteiger partial charge in [-0.2, -0.15) is 0 Å². The van der Waals surface area contributed by atoms with Crippen molar-refractivity contribution >= 4 is 40.9 Å². The Morgan fingerprint density at radius 1 is 1.12 bits per heavy atom. The summed E-state index contributed by atoms with van der Waals surface area (Å²) < 4.78 is 5.38. The van der Waals surface area contributed by atoms with E-state index in [1.54, 1.807) is 52.0 Å². The molecule has 0 aromatic carbocycles. The van der Waals surface area contributed by atoms with Crippen LogP contribution in [0.1, 0.15) is 45.6 Å². The van der Waals surface area contributed by atoms with Crippen LogP contribution in [0, 0.1) is 12.8 Å². The lowest BCUT2D eigenvalue weighted by atomic mass is 9.81. The number of alkyl carbamates (subject to hydrolysis) is 1. The van der Waals surface area contributed by atoms with Crippen molar-refractivity contribution in [3.8, 4) is 0 Å². The lowest BCUT2D eigenvalue weighted by Gasteiger charge is -2.37. The molecule has 0 bridgehead atoms. The molecule has 2 rings (SSSR count). The van der Waals surface area contributed by atoms with Crippen LogP contribution >= 0.6 is 12.2 Å². The maximum Gasteiger partial charge on any atom is 0.407 e. The molecule has 176 valence electrons. The Hall–Kier alpha value is -2.75. The van der Waals surface area contributed by atoms with E-state index >= 15 is 0 Å². The van der Waals surface area contributed by atoms with Gasteiger partial charge in [0.2, 0.25) is 5.91 Å². The Morgan fingerprint density at radius 2 is 1.81 bits per heavy atom. The number of rotatable bonds is 4. The lowest BCUT2D eigenvalue weighted by molar-refractivity contribution is -0.134. The first-order valence-electron chi connectivity index (χ1n) is 10.6. The van der Waals surface area contributed by atoms with Gasteiger partial charge in [-0.25, -0.2) is 9.78 Å². The summed E-state index contributed by atoms with van der Waals surface area (Å²) in [4.78, 5) is 43.1. The van der Waals surface area contributed by atoms with Gasteiger partial charge in [-0.3, -0.25) is 9.59 Å². The van der Waals surface area contributed by atoms with Gasteiger partial charge in [-0.1, -0.05) is 18.3 Å². The van der Waals surface area contributed by atoms with E-state index in [-0.39, 0.29) is 22.9 Å². The van der Waals surface area contributed by atoms with Crippen LogP contribution in [-0.2, 0) is 14.3 Å². The number of carbonyl (C=O) groups is 3. The van der Waals surface area contributed by atoms with Gasteiger partial charge in [-0.15, -0.1) is 0 Å². The molecule has 1 heterocycles. The van der Waals surface area contributed by atoms with Gasteiger partial charge in [0, 0.05) is 32.3 Å². The van der Waals surface area contributed by atoms with Gasteiger partial charge in [0.1, 0.15) is 11.4 Å². The fourth-order valence-electron chi connectivity index (χ4n) is 3.50. The van der Waals surface area contributed by atoms with Gasteiger partial charge in [0.25, 0.3) is 5.91 Å². The van der Waals surface area contributed by atoms with Crippen molar-refractivity contribution in [2.24, 2.45) is 5.92 Å². The van der Waals surface area contributed by atoms with Crippen LogP contribution in [0.3, 0.4) is 0 Å². The number of amides is 3. The largest absolute Gasteiger partial charge is 0.444 e. The summed E-state index contributed by atoms with van der Waals surface area (Å²) in [6.45, 7) is 7.24. The number of carbonyl (C=O) groups excluding carboxylic acids is 3. The summed E-state index contributed by atoms with van der Waals surface area (Å²) in [6.07, 6.45) is 2.66. The molecule has 32 heavy (non-hydrogen) atoms. The average molecular weight is 464 g/mol. The number of hydrogen-bond acceptors (Lipinski definition) is 6. The molecule has 1 fully saturated rings. The second-order valence-corrected chi connectivity index (χ2v) is 9.66. The Bertz CT molecular complexity index is 851. The van der Waals surface area contributed by atoms with E-state index in [1.165, 1.54) is 0 Å². The summed E-state index contributed by atoms with van der Waals surface area (Å²) in [5.41, 5.74) is 0.320. The zero-order valence-electron chi connectivity index (χ0n) is 19.5. The van der Waals surface area contributed by atoms with E-state index in [9.17, 15) is 14.4 Å². The van der Waals surface area contributed by atoms with Crippen molar-refractivity contribution in [1.82, 2.24) is 20.5 Å². The van der Waals surface area contributed by atoms with E-state index < -0.39 is 23.6 Å². The van der Waals surface area contributed by atoms with Crippen LogP contribution in [0.15, 0.2) is 18.3 Å². The van der Waals surface area contributed by atoms with Gasteiger partial charge < -0.3 is 25.6 Å². The predicted molar refractivity (Wildman–Crippen MR) is 126 cm³/mol. The molecule has 1 aromatic heterocycles. The number of thiocarbonyl (C=S) groups is 1. The molecule has 3 N–H and O–H groups in total. The normalized spacial score (nSPS) is 20.6. The molecule has 1 aliphatic rings. The van der Waals surface area contributed by atoms with E-state index in [0.717, 1.165) is 5.56 Å². The fraction of sp³-hybridized carbons (Fsp3) is 0.591. The number of nitrogens with one attached hydrogen (secondary N) is 3. The molecule has 1 saturated carbocycles. The first kappa shape index (κ1) is 25.5. The summed E-state index contributed by atoms with van der Waals surface area (Å²) in [6, 6.07) is 2.78. The lowest BCUT2D eigenvalue weighted by Crippen LogP contribution is -2.57. The van der Waals surface area contributed by atoms with Crippen molar-refractivity contribution in [3.05, 3.63) is 23.9 Å². The monoisotopic (exact) mass is 463 g/mol. The summed E-state index contributed by atoms with van der Waals surface area (Å²) in [5.74, 6) is -0.320. The number of pyridine rings is 1. The molecule has 0 unspecified atom stereocenters. The molecular weight excluding hydrogens is 430 g/mol. The fourth-order valence-corrected chi connectivity index (χ4v) is 3.70. The number of nitrogens with zero attached hydrogens (tertiary/aromatic N) is 2. The second-order valence-electron chi connectivity index (χ2n) is 9.25. The van der Waals surface area contributed by atoms with Crippen LogP contribution in [0.4, 0.5) is 10.6 Å². The zero-order chi connectivity index (χ0) is 24.1. The van der Waals surface area contributed by atoms with E-state index in [4.69, 9.17) is 17.0 Å². The maximum absolute atomic E-state index is 12.5. The molecule has 9 nitrogen and oxygen atoms in total.